The Labute approximate surface area is 178 Å². The fourth-order valence-electron chi connectivity index (χ4n) is 2.97. The van der Waals surface area contributed by atoms with Crippen molar-refractivity contribution in [3.05, 3.63) is 13.8 Å². The van der Waals surface area contributed by atoms with Crippen molar-refractivity contribution in [1.82, 2.24) is 0 Å². The molecule has 0 nitrogen and oxygen atoms in total. The van der Waals surface area contributed by atoms with E-state index < -0.39 is 0 Å². The van der Waals surface area contributed by atoms with Crippen LogP contribution in [0, 0.1) is 13.8 Å². The first-order chi connectivity index (χ1) is 11.8. The van der Waals surface area contributed by atoms with Gasteiger partial charge in [-0.15, -0.1) is 0 Å². The van der Waals surface area contributed by atoms with Gasteiger partial charge >= 0.3 is 23.1 Å². The van der Waals surface area contributed by atoms with E-state index in [0.29, 0.717) is 0 Å². The van der Waals surface area contributed by atoms with Gasteiger partial charge in [0.25, 0.3) is 0 Å². The van der Waals surface area contributed by atoms with Gasteiger partial charge < -0.3 is 13.8 Å². The van der Waals surface area contributed by atoms with E-state index in [9.17, 15) is 0 Å². The summed E-state index contributed by atoms with van der Waals surface area (Å²) in [7, 11) is 0. The first-order valence-electron chi connectivity index (χ1n) is 11.4. The van der Waals surface area contributed by atoms with Gasteiger partial charge in [-0.2, -0.15) is 12.8 Å². The Hall–Kier alpha value is 0.766. The summed E-state index contributed by atoms with van der Waals surface area (Å²) in [6, 6.07) is 0. The van der Waals surface area contributed by atoms with Gasteiger partial charge in [0.05, 0.1) is 0 Å². The van der Waals surface area contributed by atoms with Crippen molar-refractivity contribution in [2.45, 2.75) is 142 Å². The zero-order chi connectivity index (χ0) is 18.1. The van der Waals surface area contributed by atoms with E-state index in [0.717, 1.165) is 12.8 Å². The molecule has 0 saturated carbocycles. The van der Waals surface area contributed by atoms with Crippen molar-refractivity contribution in [3.8, 4) is 0 Å². The maximum Gasteiger partial charge on any atom is 2.00 e. The average Bonchev–Trinajstić information content (AvgIpc) is 2.60. The molecule has 0 atom stereocenters. The van der Waals surface area contributed by atoms with Crippen LogP contribution >= 0.6 is 0 Å². The van der Waals surface area contributed by atoms with Crippen LogP contribution in [0.1, 0.15) is 142 Å². The molecule has 0 saturated heterocycles. The Bertz CT molecular complexity index is 139. The van der Waals surface area contributed by atoms with E-state index in [4.69, 9.17) is 0 Å². The van der Waals surface area contributed by atoms with E-state index in [-0.39, 0.29) is 23.1 Å². The third-order valence-corrected chi connectivity index (χ3v) is 4.71. The smallest absolute Gasteiger partial charge is 0.343 e. The van der Waals surface area contributed by atoms with Crippen LogP contribution in [0.3, 0.4) is 0 Å². The van der Waals surface area contributed by atoms with Crippen molar-refractivity contribution in [3.63, 3.8) is 0 Å². The minimum atomic E-state index is 0. The van der Waals surface area contributed by atoms with Gasteiger partial charge in [-0.1, -0.05) is 129 Å². The Morgan fingerprint density at radius 3 is 0.760 bits per heavy atom. The predicted octanol–water partition coefficient (Wildman–Crippen LogP) is 9.10. The van der Waals surface area contributed by atoms with Crippen molar-refractivity contribution in [2.75, 3.05) is 0 Å². The molecule has 0 aliphatic carbocycles. The molecule has 0 aliphatic heterocycles. The van der Waals surface area contributed by atoms with Crippen LogP contribution in [0.2, 0.25) is 0 Å². The van der Waals surface area contributed by atoms with Gasteiger partial charge in [-0.05, 0) is 0 Å². The normalized spacial score (nSPS) is 10.1. The van der Waals surface area contributed by atoms with Crippen molar-refractivity contribution in [1.29, 1.82) is 0 Å². The Morgan fingerprint density at radius 2 is 0.560 bits per heavy atom. The molecule has 0 amide bonds. The van der Waals surface area contributed by atoms with Crippen molar-refractivity contribution >= 4 is 23.1 Å². The van der Waals surface area contributed by atoms with E-state index in [1.807, 2.05) is 0 Å². The summed E-state index contributed by atoms with van der Waals surface area (Å²) in [5.74, 6) is 0. The molecule has 0 aliphatic rings. The summed E-state index contributed by atoms with van der Waals surface area (Å²) in [4.78, 5) is 0. The van der Waals surface area contributed by atoms with Gasteiger partial charge in [0.2, 0.25) is 0 Å². The van der Waals surface area contributed by atoms with Crippen LogP contribution in [0.5, 0.6) is 0 Å². The molecule has 0 bridgehead atoms. The SMILES string of the molecule is [CH2-]CCCCCCCCCCC.[CH2-]CCCCCCCCCCC.[Mg+2]. The number of rotatable bonds is 18. The largest absolute Gasteiger partial charge is 2.00 e. The fraction of sp³-hybridized carbons (Fsp3) is 0.917. The summed E-state index contributed by atoms with van der Waals surface area (Å²) in [6.07, 6.45) is 27.8. The fourth-order valence-corrected chi connectivity index (χ4v) is 2.97. The van der Waals surface area contributed by atoms with Gasteiger partial charge in [0.15, 0.2) is 0 Å². The molecule has 0 fully saturated rings. The van der Waals surface area contributed by atoms with Crippen LogP contribution in [0.4, 0.5) is 0 Å². The van der Waals surface area contributed by atoms with E-state index in [2.05, 4.69) is 27.7 Å². The Balaban J connectivity index is -0.000000372. The molecule has 0 heterocycles. The third-order valence-electron chi connectivity index (χ3n) is 4.71. The minimum Gasteiger partial charge on any atom is -0.343 e. The van der Waals surface area contributed by atoms with Gasteiger partial charge in [0.1, 0.15) is 0 Å². The second-order valence-corrected chi connectivity index (χ2v) is 7.36. The zero-order valence-electron chi connectivity index (χ0n) is 18.3. The maximum absolute atomic E-state index is 3.84. The maximum atomic E-state index is 3.84. The standard InChI is InChI=1S/2C12H25.Mg/c2*1-3-5-7-9-11-12-10-8-6-4-2;/h2*1,3-12H2,2H3;/q2*-1;+2. The summed E-state index contributed by atoms with van der Waals surface area (Å²) in [5, 5.41) is 0. The predicted molar refractivity (Wildman–Crippen MR) is 120 cm³/mol. The molecule has 0 aromatic rings. The van der Waals surface area contributed by atoms with Crippen molar-refractivity contribution in [2.24, 2.45) is 0 Å². The van der Waals surface area contributed by atoms with Crippen molar-refractivity contribution < 1.29 is 0 Å². The van der Waals surface area contributed by atoms with Gasteiger partial charge in [0, 0.05) is 0 Å². The first kappa shape index (κ1) is 30.5. The Kier molecular flexibility index (Phi) is 39.6. The Morgan fingerprint density at radius 1 is 0.360 bits per heavy atom. The summed E-state index contributed by atoms with van der Waals surface area (Å²) in [5.41, 5.74) is 0. The minimum absolute atomic E-state index is 0. The molecule has 0 unspecified atom stereocenters. The molecule has 25 heavy (non-hydrogen) atoms. The molecule has 0 spiro atoms. The van der Waals surface area contributed by atoms with Crippen LogP contribution in [0.25, 0.3) is 0 Å². The molecule has 0 aromatic heterocycles. The van der Waals surface area contributed by atoms with Gasteiger partial charge in [-0.25, -0.2) is 0 Å². The first-order valence-corrected chi connectivity index (χ1v) is 11.4. The molecule has 1 heteroatoms. The molecule has 0 N–H and O–H groups in total. The average molecular weight is 363 g/mol. The number of hydrogen-bond acceptors (Lipinski definition) is 0. The topological polar surface area (TPSA) is 0 Å². The van der Waals surface area contributed by atoms with Crippen LogP contribution in [0.15, 0.2) is 0 Å². The van der Waals surface area contributed by atoms with E-state index in [1.54, 1.807) is 0 Å². The molecular formula is C24H50Mg. The summed E-state index contributed by atoms with van der Waals surface area (Å²) < 4.78 is 0. The summed E-state index contributed by atoms with van der Waals surface area (Å²) >= 11 is 0. The van der Waals surface area contributed by atoms with Gasteiger partial charge in [-0.3, -0.25) is 0 Å². The van der Waals surface area contributed by atoms with Crippen LogP contribution in [-0.4, -0.2) is 23.1 Å². The van der Waals surface area contributed by atoms with Crippen LogP contribution < -0.4 is 0 Å². The zero-order valence-corrected chi connectivity index (χ0v) is 19.7. The molecule has 0 aromatic carbocycles. The monoisotopic (exact) mass is 362 g/mol. The second kappa shape index (κ2) is 32.4. The third kappa shape index (κ3) is 36.4. The van der Waals surface area contributed by atoms with Crippen LogP contribution in [-0.2, 0) is 0 Å². The molecule has 0 radical (unpaired) electrons. The molecular weight excluding hydrogens is 313 g/mol. The number of unbranched alkanes of at least 4 members (excludes halogenated alkanes) is 18. The van der Waals surface area contributed by atoms with E-state index in [1.165, 1.54) is 116 Å². The van der Waals surface area contributed by atoms with E-state index >= 15 is 0 Å². The second-order valence-electron chi connectivity index (χ2n) is 7.36. The molecule has 0 rings (SSSR count). The summed E-state index contributed by atoms with van der Waals surface area (Å²) in [6.45, 7) is 12.2. The molecule has 148 valence electrons. The quantitative estimate of drug-likeness (QED) is 0.129. The number of hydrogen-bond donors (Lipinski definition) is 0.